The number of carbonyl (C=O) groups is 3. The van der Waals surface area contributed by atoms with Crippen LogP contribution in [0.25, 0.3) is 16.7 Å². The Bertz CT molecular complexity index is 1370. The Morgan fingerprint density at radius 1 is 0.737 bits per heavy atom. The highest BCUT2D eigenvalue weighted by atomic mass is 19.1. The van der Waals surface area contributed by atoms with E-state index in [2.05, 4.69) is 19.7 Å². The van der Waals surface area contributed by atoms with Crippen molar-refractivity contribution < 1.29 is 33.0 Å². The van der Waals surface area contributed by atoms with Crippen molar-refractivity contribution in [2.45, 2.75) is 12.8 Å². The van der Waals surface area contributed by atoms with Gasteiger partial charge in [-0.25, -0.2) is 9.59 Å². The summed E-state index contributed by atoms with van der Waals surface area (Å²) < 4.78 is 27.7. The number of benzene rings is 3. The maximum atomic E-state index is 12.7. The molecule has 0 saturated carbocycles. The largest absolute Gasteiger partial charge is 0.433 e. The predicted molar refractivity (Wildman–Crippen MR) is 143 cm³/mol. The van der Waals surface area contributed by atoms with E-state index in [0.717, 1.165) is 28.7 Å². The molecule has 0 amide bonds. The fourth-order valence-corrected chi connectivity index (χ4v) is 3.60. The SMILES string of the molecule is C=C.C=C(F)C(=O)Oc1ccc(OC(=O)c2ccc(-c3ccc(C4=CC=C(OC=O)CC4)cc3)cc2)cc1. The zero-order valence-corrected chi connectivity index (χ0v) is 20.5. The van der Waals surface area contributed by atoms with Crippen LogP contribution in [0, 0.1) is 0 Å². The highest BCUT2D eigenvalue weighted by molar-refractivity contribution is 5.92. The molecule has 0 fully saturated rings. The Balaban J connectivity index is 0.00000195. The van der Waals surface area contributed by atoms with Crippen molar-refractivity contribution >= 4 is 24.0 Å². The Hall–Kier alpha value is -5.04. The summed E-state index contributed by atoms with van der Waals surface area (Å²) in [5.74, 6) is -1.93. The normalized spacial score (nSPS) is 12.0. The number of esters is 2. The number of allylic oxidation sites excluding steroid dienone is 4. The molecule has 1 aliphatic rings. The van der Waals surface area contributed by atoms with Gasteiger partial charge >= 0.3 is 11.9 Å². The average molecular weight is 513 g/mol. The van der Waals surface area contributed by atoms with Crippen molar-refractivity contribution in [3.8, 4) is 22.6 Å². The van der Waals surface area contributed by atoms with Crippen molar-refractivity contribution in [2.24, 2.45) is 0 Å². The molecule has 0 radical (unpaired) electrons. The van der Waals surface area contributed by atoms with Gasteiger partial charge in [0, 0.05) is 6.42 Å². The maximum absolute atomic E-state index is 12.7. The molecule has 0 unspecified atom stereocenters. The van der Waals surface area contributed by atoms with Crippen LogP contribution in [0.15, 0.2) is 116 Å². The minimum atomic E-state index is -1.20. The monoisotopic (exact) mass is 512 g/mol. The first kappa shape index (κ1) is 27.5. The fourth-order valence-electron chi connectivity index (χ4n) is 3.60. The predicted octanol–water partition coefficient (Wildman–Crippen LogP) is 7.00. The summed E-state index contributed by atoms with van der Waals surface area (Å²) in [6.45, 7) is 9.31. The van der Waals surface area contributed by atoms with Crippen molar-refractivity contribution in [3.63, 3.8) is 0 Å². The van der Waals surface area contributed by atoms with Crippen LogP contribution in [-0.2, 0) is 14.3 Å². The minimum Gasteiger partial charge on any atom is -0.433 e. The molecule has 0 saturated heterocycles. The first-order valence-electron chi connectivity index (χ1n) is 11.5. The number of hydrogen-bond acceptors (Lipinski definition) is 6. The van der Waals surface area contributed by atoms with Gasteiger partial charge in [0.2, 0.25) is 5.83 Å². The third kappa shape index (κ3) is 7.24. The fraction of sp³-hybridized carbons (Fsp3) is 0.0645. The number of rotatable bonds is 8. The van der Waals surface area contributed by atoms with Gasteiger partial charge in [-0.2, -0.15) is 4.39 Å². The number of carbonyl (C=O) groups excluding carboxylic acids is 3. The molecular weight excluding hydrogens is 487 g/mol. The van der Waals surface area contributed by atoms with E-state index in [1.165, 1.54) is 24.3 Å². The molecule has 0 spiro atoms. The smallest absolute Gasteiger partial charge is 0.371 e. The summed E-state index contributed by atoms with van der Waals surface area (Å²) in [4.78, 5) is 34.2. The van der Waals surface area contributed by atoms with Gasteiger partial charge in [0.25, 0.3) is 6.47 Å². The molecule has 38 heavy (non-hydrogen) atoms. The Labute approximate surface area is 220 Å². The van der Waals surface area contributed by atoms with Crippen LogP contribution in [0.1, 0.15) is 28.8 Å². The van der Waals surface area contributed by atoms with Crippen LogP contribution in [-0.4, -0.2) is 18.4 Å². The van der Waals surface area contributed by atoms with Crippen LogP contribution in [0.2, 0.25) is 0 Å². The molecule has 7 heteroatoms. The lowest BCUT2D eigenvalue weighted by molar-refractivity contribution is -0.131. The van der Waals surface area contributed by atoms with E-state index in [0.29, 0.717) is 24.2 Å². The standard InChI is InChI=1S/C29H21FO6.C2H4/c1-19(30)28(32)35-26-14-16-27(17-15-26)36-29(33)24-8-6-22(7-9-24)20-2-4-21(5-3-20)23-10-12-25(13-11-23)34-18-31;1-2/h2-10,12,14-18H,1,11,13H2;1-2H2. The Morgan fingerprint density at radius 2 is 1.26 bits per heavy atom. The van der Waals surface area contributed by atoms with E-state index in [9.17, 15) is 18.8 Å². The quantitative estimate of drug-likeness (QED) is 0.106. The second-order valence-electron chi connectivity index (χ2n) is 7.85. The van der Waals surface area contributed by atoms with Crippen LogP contribution in [0.5, 0.6) is 11.5 Å². The van der Waals surface area contributed by atoms with Gasteiger partial charge in [-0.1, -0.05) is 49.1 Å². The van der Waals surface area contributed by atoms with Crippen LogP contribution in [0.4, 0.5) is 4.39 Å². The first-order chi connectivity index (χ1) is 18.4. The van der Waals surface area contributed by atoms with Crippen LogP contribution >= 0.6 is 0 Å². The summed E-state index contributed by atoms with van der Waals surface area (Å²) in [6, 6.07) is 20.8. The molecule has 3 aromatic carbocycles. The van der Waals surface area contributed by atoms with Gasteiger partial charge in [0.15, 0.2) is 0 Å². The molecule has 192 valence electrons. The van der Waals surface area contributed by atoms with Gasteiger partial charge in [-0.05, 0) is 71.2 Å². The highest BCUT2D eigenvalue weighted by Crippen LogP contribution is 2.29. The third-order valence-corrected chi connectivity index (χ3v) is 5.49. The van der Waals surface area contributed by atoms with Crippen LogP contribution in [0.3, 0.4) is 0 Å². The van der Waals surface area contributed by atoms with E-state index >= 15 is 0 Å². The lowest BCUT2D eigenvalue weighted by atomic mass is 9.94. The maximum Gasteiger partial charge on any atom is 0.371 e. The van der Waals surface area contributed by atoms with Gasteiger partial charge in [-0.3, -0.25) is 4.79 Å². The molecule has 6 nitrogen and oxygen atoms in total. The molecule has 0 atom stereocenters. The topological polar surface area (TPSA) is 78.9 Å². The second-order valence-corrected chi connectivity index (χ2v) is 7.85. The summed E-state index contributed by atoms with van der Waals surface area (Å²) >= 11 is 0. The number of hydrogen-bond donors (Lipinski definition) is 0. The second kappa shape index (κ2) is 13.3. The average Bonchev–Trinajstić information content (AvgIpc) is 2.96. The highest BCUT2D eigenvalue weighted by Gasteiger charge is 2.13. The first-order valence-corrected chi connectivity index (χ1v) is 11.5. The van der Waals surface area contributed by atoms with E-state index in [4.69, 9.17) is 14.2 Å². The number of ether oxygens (including phenoxy) is 3. The van der Waals surface area contributed by atoms with Gasteiger partial charge in [0.05, 0.1) is 5.56 Å². The molecule has 0 aromatic heterocycles. The lowest BCUT2D eigenvalue weighted by Gasteiger charge is -2.14. The van der Waals surface area contributed by atoms with E-state index in [1.54, 1.807) is 12.1 Å². The third-order valence-electron chi connectivity index (χ3n) is 5.49. The van der Waals surface area contributed by atoms with Crippen LogP contribution < -0.4 is 9.47 Å². The van der Waals surface area contributed by atoms with Gasteiger partial charge in [0.1, 0.15) is 17.3 Å². The van der Waals surface area contributed by atoms with Gasteiger partial charge < -0.3 is 14.2 Å². The van der Waals surface area contributed by atoms with E-state index < -0.39 is 17.8 Å². The molecule has 0 N–H and O–H groups in total. The van der Waals surface area contributed by atoms with Gasteiger partial charge in [-0.15, -0.1) is 13.2 Å². The molecule has 3 aromatic rings. The summed E-state index contributed by atoms with van der Waals surface area (Å²) in [7, 11) is 0. The molecular formula is C31H25FO6. The number of halogens is 1. The molecule has 0 aliphatic heterocycles. The molecule has 0 heterocycles. The zero-order chi connectivity index (χ0) is 27.5. The summed E-state index contributed by atoms with van der Waals surface area (Å²) in [5.41, 5.74) is 4.56. The lowest BCUT2D eigenvalue weighted by Crippen LogP contribution is -2.09. The van der Waals surface area contributed by atoms with Crippen molar-refractivity contribution in [1.29, 1.82) is 0 Å². The van der Waals surface area contributed by atoms with Crippen molar-refractivity contribution in [2.75, 3.05) is 0 Å². The minimum absolute atomic E-state index is 0.0990. The zero-order valence-electron chi connectivity index (χ0n) is 20.5. The summed E-state index contributed by atoms with van der Waals surface area (Å²) in [5, 5.41) is 0. The Kier molecular flexibility index (Phi) is 9.65. The molecule has 0 bridgehead atoms. The Morgan fingerprint density at radius 3 is 1.76 bits per heavy atom. The molecule has 1 aliphatic carbocycles. The van der Waals surface area contributed by atoms with Crippen molar-refractivity contribution in [1.82, 2.24) is 0 Å². The van der Waals surface area contributed by atoms with Crippen molar-refractivity contribution in [3.05, 3.63) is 127 Å². The van der Waals surface area contributed by atoms with E-state index in [1.807, 2.05) is 48.6 Å². The summed E-state index contributed by atoms with van der Waals surface area (Å²) in [6.07, 6.45) is 5.23. The van der Waals surface area contributed by atoms with E-state index in [-0.39, 0.29) is 11.5 Å². The molecule has 4 rings (SSSR count).